The number of amides is 1. The molecule has 7 rings (SSSR count). The van der Waals surface area contributed by atoms with Gasteiger partial charge in [0.15, 0.2) is 0 Å². The van der Waals surface area contributed by atoms with Crippen molar-refractivity contribution in [1.29, 1.82) is 0 Å². The van der Waals surface area contributed by atoms with E-state index in [0.29, 0.717) is 10.8 Å². The Morgan fingerprint density at radius 1 is 0.884 bits per heavy atom. The molecule has 0 saturated carbocycles. The summed E-state index contributed by atoms with van der Waals surface area (Å²) in [4.78, 5) is 30.4. The standard InChI is InChI=1S/C34H35N7OS/c1-23-7-8-27(36-33(42)32-19-24-5-3-4-6-31(24)43-32)20-30(23)41-14-13-29-25(22-41)21-35-34(38-29)37-26-9-11-28(12-10-26)40-17-15-39(2)16-18-40/h3-12,19-21H,13-18,22H2,1-2H3,(H,36,42)(H,35,37,38). The van der Waals surface area contributed by atoms with E-state index in [1.54, 1.807) is 0 Å². The lowest BCUT2D eigenvalue weighted by Crippen LogP contribution is -2.44. The maximum atomic E-state index is 13.0. The molecule has 1 saturated heterocycles. The van der Waals surface area contributed by atoms with E-state index in [1.807, 2.05) is 42.6 Å². The van der Waals surface area contributed by atoms with E-state index in [0.717, 1.165) is 84.1 Å². The number of likely N-dealkylation sites (N-methyl/N-ethyl adjacent to an activating group) is 1. The Hall–Kier alpha value is -4.47. The van der Waals surface area contributed by atoms with E-state index in [-0.39, 0.29) is 5.91 Å². The highest BCUT2D eigenvalue weighted by atomic mass is 32.1. The van der Waals surface area contributed by atoms with E-state index in [4.69, 9.17) is 4.98 Å². The highest BCUT2D eigenvalue weighted by Gasteiger charge is 2.21. The number of carbonyl (C=O) groups excluding carboxylic acids is 1. The van der Waals surface area contributed by atoms with Gasteiger partial charge in [-0.1, -0.05) is 24.3 Å². The monoisotopic (exact) mass is 589 g/mol. The van der Waals surface area contributed by atoms with Crippen molar-refractivity contribution in [2.45, 2.75) is 19.9 Å². The van der Waals surface area contributed by atoms with E-state index >= 15 is 0 Å². The molecular formula is C34H35N7OS. The lowest BCUT2D eigenvalue weighted by atomic mass is 10.0. The Kier molecular flexibility index (Phi) is 7.42. The number of rotatable bonds is 6. The first-order chi connectivity index (χ1) is 21.0. The van der Waals surface area contributed by atoms with Crippen LogP contribution in [0.25, 0.3) is 10.1 Å². The Balaban J connectivity index is 1.01. The summed E-state index contributed by atoms with van der Waals surface area (Å²) >= 11 is 1.52. The van der Waals surface area contributed by atoms with Crippen LogP contribution in [0.5, 0.6) is 0 Å². The van der Waals surface area contributed by atoms with Gasteiger partial charge in [0, 0.05) is 84.9 Å². The van der Waals surface area contributed by atoms with Crippen LogP contribution >= 0.6 is 11.3 Å². The average Bonchev–Trinajstić information content (AvgIpc) is 3.47. The predicted molar refractivity (Wildman–Crippen MR) is 177 cm³/mol. The number of hydrogen-bond donors (Lipinski definition) is 2. The van der Waals surface area contributed by atoms with Crippen molar-refractivity contribution in [3.63, 3.8) is 0 Å². The zero-order valence-electron chi connectivity index (χ0n) is 24.5. The number of aryl methyl sites for hydroxylation is 1. The molecule has 2 aliphatic heterocycles. The normalized spacial score (nSPS) is 15.4. The maximum Gasteiger partial charge on any atom is 0.265 e. The topological polar surface area (TPSA) is 76.6 Å². The summed E-state index contributed by atoms with van der Waals surface area (Å²) in [7, 11) is 2.18. The summed E-state index contributed by atoms with van der Waals surface area (Å²) in [5.74, 6) is 0.545. The summed E-state index contributed by atoms with van der Waals surface area (Å²) < 4.78 is 1.11. The van der Waals surface area contributed by atoms with Gasteiger partial charge in [0.25, 0.3) is 5.91 Å². The van der Waals surface area contributed by atoms with Crippen LogP contribution in [0, 0.1) is 6.92 Å². The van der Waals surface area contributed by atoms with Crippen LogP contribution in [-0.2, 0) is 13.0 Å². The van der Waals surface area contributed by atoms with Gasteiger partial charge >= 0.3 is 0 Å². The molecule has 9 heteroatoms. The van der Waals surface area contributed by atoms with Crippen LogP contribution in [0.3, 0.4) is 0 Å². The number of nitrogens with zero attached hydrogens (tertiary/aromatic N) is 5. The fraction of sp³-hybridized carbons (Fsp3) is 0.265. The minimum Gasteiger partial charge on any atom is -0.369 e. The van der Waals surface area contributed by atoms with Gasteiger partial charge < -0.3 is 25.3 Å². The van der Waals surface area contributed by atoms with E-state index < -0.39 is 0 Å². The minimum atomic E-state index is -0.0811. The van der Waals surface area contributed by atoms with Crippen LogP contribution in [0.15, 0.2) is 79.0 Å². The van der Waals surface area contributed by atoms with Gasteiger partial charge in [-0.3, -0.25) is 4.79 Å². The summed E-state index contributed by atoms with van der Waals surface area (Å²) in [5.41, 5.74) is 7.52. The molecule has 0 atom stereocenters. The number of piperazine rings is 1. The average molecular weight is 590 g/mol. The molecule has 218 valence electrons. The van der Waals surface area contributed by atoms with Crippen molar-refractivity contribution in [3.05, 3.63) is 101 Å². The number of carbonyl (C=O) groups is 1. The molecule has 2 N–H and O–H groups in total. The smallest absolute Gasteiger partial charge is 0.265 e. The Bertz CT molecular complexity index is 1740. The Morgan fingerprint density at radius 2 is 1.67 bits per heavy atom. The molecule has 0 spiro atoms. The predicted octanol–water partition coefficient (Wildman–Crippen LogP) is 6.31. The summed E-state index contributed by atoms with van der Waals surface area (Å²) in [6, 6.07) is 24.7. The van der Waals surface area contributed by atoms with Gasteiger partial charge in [-0.2, -0.15) is 0 Å². The Morgan fingerprint density at radius 3 is 2.49 bits per heavy atom. The third-order valence-electron chi connectivity index (χ3n) is 8.38. The number of anilines is 5. The second kappa shape index (κ2) is 11.7. The number of aromatic nitrogens is 2. The van der Waals surface area contributed by atoms with Gasteiger partial charge in [-0.05, 0) is 73.5 Å². The molecule has 4 heterocycles. The first kappa shape index (κ1) is 27.4. The van der Waals surface area contributed by atoms with Crippen molar-refractivity contribution < 1.29 is 4.79 Å². The fourth-order valence-corrected chi connectivity index (χ4v) is 6.80. The van der Waals surface area contributed by atoms with Crippen LogP contribution < -0.4 is 20.4 Å². The van der Waals surface area contributed by atoms with Crippen molar-refractivity contribution in [1.82, 2.24) is 14.9 Å². The van der Waals surface area contributed by atoms with Crippen LogP contribution in [0.1, 0.15) is 26.5 Å². The molecule has 0 aliphatic carbocycles. The third kappa shape index (κ3) is 5.91. The summed E-state index contributed by atoms with van der Waals surface area (Å²) in [5, 5.41) is 7.59. The number of hydrogen-bond acceptors (Lipinski definition) is 8. The number of benzene rings is 3. The van der Waals surface area contributed by atoms with Crippen LogP contribution in [0.4, 0.5) is 28.7 Å². The molecule has 0 radical (unpaired) electrons. The SMILES string of the molecule is Cc1ccc(NC(=O)c2cc3ccccc3s2)cc1N1CCc2nc(Nc3ccc(N4CCN(C)CC4)cc3)ncc2C1. The quantitative estimate of drug-likeness (QED) is 0.240. The number of nitrogens with one attached hydrogen (secondary N) is 2. The minimum absolute atomic E-state index is 0.0811. The van der Waals surface area contributed by atoms with Gasteiger partial charge in [0.05, 0.1) is 10.6 Å². The van der Waals surface area contributed by atoms with Gasteiger partial charge in [0.2, 0.25) is 5.95 Å². The lowest BCUT2D eigenvalue weighted by Gasteiger charge is -2.34. The van der Waals surface area contributed by atoms with Crippen molar-refractivity contribution in [2.24, 2.45) is 0 Å². The molecule has 1 amide bonds. The van der Waals surface area contributed by atoms with Crippen LogP contribution in [0.2, 0.25) is 0 Å². The largest absolute Gasteiger partial charge is 0.369 e. The molecule has 8 nitrogen and oxygen atoms in total. The van der Waals surface area contributed by atoms with E-state index in [9.17, 15) is 4.79 Å². The van der Waals surface area contributed by atoms with E-state index in [2.05, 4.69) is 80.7 Å². The second-order valence-electron chi connectivity index (χ2n) is 11.4. The van der Waals surface area contributed by atoms with Crippen molar-refractivity contribution in [3.8, 4) is 0 Å². The van der Waals surface area contributed by atoms with Crippen molar-refractivity contribution >= 4 is 56.0 Å². The molecule has 2 aliphatic rings. The molecule has 3 aromatic carbocycles. The summed E-state index contributed by atoms with van der Waals surface area (Å²) in [6.45, 7) is 7.98. The highest BCUT2D eigenvalue weighted by molar-refractivity contribution is 7.20. The molecule has 43 heavy (non-hydrogen) atoms. The van der Waals surface area contributed by atoms with Crippen molar-refractivity contribution in [2.75, 3.05) is 60.2 Å². The first-order valence-electron chi connectivity index (χ1n) is 14.8. The molecule has 0 bridgehead atoms. The molecule has 0 unspecified atom stereocenters. The Labute approximate surface area is 256 Å². The first-order valence-corrected chi connectivity index (χ1v) is 15.6. The molecule has 1 fully saturated rings. The highest BCUT2D eigenvalue weighted by Crippen LogP contribution is 2.31. The maximum absolute atomic E-state index is 13.0. The zero-order chi connectivity index (χ0) is 29.3. The number of thiophene rings is 1. The van der Waals surface area contributed by atoms with Gasteiger partial charge in [0.1, 0.15) is 0 Å². The molecular weight excluding hydrogens is 554 g/mol. The number of fused-ring (bicyclic) bond motifs is 2. The second-order valence-corrected chi connectivity index (χ2v) is 12.5. The van der Waals surface area contributed by atoms with Crippen LogP contribution in [-0.4, -0.2) is 60.5 Å². The lowest BCUT2D eigenvalue weighted by molar-refractivity contribution is 0.103. The van der Waals surface area contributed by atoms with E-state index in [1.165, 1.54) is 22.6 Å². The molecule has 5 aromatic rings. The van der Waals surface area contributed by atoms with Gasteiger partial charge in [-0.25, -0.2) is 9.97 Å². The fourth-order valence-electron chi connectivity index (χ4n) is 5.85. The summed E-state index contributed by atoms with van der Waals surface area (Å²) in [6.07, 6.45) is 2.77. The van der Waals surface area contributed by atoms with Gasteiger partial charge in [-0.15, -0.1) is 11.3 Å². The zero-order valence-corrected chi connectivity index (χ0v) is 25.3. The third-order valence-corrected chi connectivity index (χ3v) is 9.50. The molecule has 2 aromatic heterocycles.